The summed E-state index contributed by atoms with van der Waals surface area (Å²) >= 11 is 0. The van der Waals surface area contributed by atoms with Gasteiger partial charge in [0.25, 0.3) is 0 Å². The third kappa shape index (κ3) is 2.71. The third-order valence-electron chi connectivity index (χ3n) is 4.56. The number of aromatic nitrogens is 1. The molecule has 0 aliphatic heterocycles. The second kappa shape index (κ2) is 6.36. The number of pyridine rings is 1. The lowest BCUT2D eigenvalue weighted by Gasteiger charge is -2.27. The Bertz CT molecular complexity index is 559. The number of likely N-dealkylation sites (N-methyl/N-ethyl adjacent to an activating group) is 1. The molecule has 1 aliphatic rings. The standard InChI is InChI=1S/C18H24N2/c1-2-19-17-11-5-3-4-8-15(17)14-9-6-12-18-16(14)10-7-13-20-18/h6-7,9-10,12-13,15,17,19H,2-5,8,11H2,1H3. The molecule has 1 heterocycles. The van der Waals surface area contributed by atoms with Crippen LogP contribution in [0.1, 0.15) is 50.5 Å². The fourth-order valence-corrected chi connectivity index (χ4v) is 3.64. The summed E-state index contributed by atoms with van der Waals surface area (Å²) in [6.45, 7) is 3.27. The van der Waals surface area contributed by atoms with Crippen molar-refractivity contribution in [3.8, 4) is 0 Å². The molecule has 2 aromatic rings. The van der Waals surface area contributed by atoms with Crippen molar-refractivity contribution in [1.82, 2.24) is 10.3 Å². The molecule has 1 fully saturated rings. The van der Waals surface area contributed by atoms with Crippen molar-refractivity contribution in [1.29, 1.82) is 0 Å². The van der Waals surface area contributed by atoms with E-state index in [0.717, 1.165) is 12.1 Å². The van der Waals surface area contributed by atoms with Crippen LogP contribution >= 0.6 is 0 Å². The quantitative estimate of drug-likeness (QED) is 0.841. The minimum absolute atomic E-state index is 0.619. The molecule has 106 valence electrons. The molecule has 0 amide bonds. The van der Waals surface area contributed by atoms with E-state index in [-0.39, 0.29) is 0 Å². The molecule has 2 atom stereocenters. The van der Waals surface area contributed by atoms with E-state index in [1.54, 1.807) is 0 Å². The number of nitrogens with zero attached hydrogens (tertiary/aromatic N) is 1. The SMILES string of the molecule is CCNC1CCCCCC1c1cccc2ncccc12. The van der Waals surface area contributed by atoms with Crippen molar-refractivity contribution in [2.45, 2.75) is 51.0 Å². The summed E-state index contributed by atoms with van der Waals surface area (Å²) in [7, 11) is 0. The van der Waals surface area contributed by atoms with E-state index in [4.69, 9.17) is 0 Å². The normalized spacial score (nSPS) is 23.6. The minimum atomic E-state index is 0.619. The fourth-order valence-electron chi connectivity index (χ4n) is 3.64. The Balaban J connectivity index is 2.02. The van der Waals surface area contributed by atoms with Crippen LogP contribution < -0.4 is 5.32 Å². The predicted molar refractivity (Wildman–Crippen MR) is 85.0 cm³/mol. The summed E-state index contributed by atoms with van der Waals surface area (Å²) in [5.74, 6) is 0.630. The number of rotatable bonds is 3. The molecule has 1 N–H and O–H groups in total. The first kappa shape index (κ1) is 13.6. The molecular formula is C18H24N2. The minimum Gasteiger partial charge on any atom is -0.314 e. The van der Waals surface area contributed by atoms with Crippen LogP contribution in [0, 0.1) is 0 Å². The summed E-state index contributed by atoms with van der Waals surface area (Å²) in [6, 6.07) is 11.5. The smallest absolute Gasteiger partial charge is 0.0704 e. The molecule has 0 bridgehead atoms. The first-order valence-electron chi connectivity index (χ1n) is 7.97. The summed E-state index contributed by atoms with van der Waals surface area (Å²) in [6.07, 6.45) is 8.57. The first-order chi connectivity index (χ1) is 9.90. The Hall–Kier alpha value is -1.41. The molecule has 3 rings (SSSR count). The highest BCUT2D eigenvalue weighted by Gasteiger charge is 2.25. The monoisotopic (exact) mass is 268 g/mol. The van der Waals surface area contributed by atoms with Gasteiger partial charge in [-0.25, -0.2) is 0 Å². The Morgan fingerprint density at radius 1 is 1.10 bits per heavy atom. The molecule has 0 saturated heterocycles. The zero-order valence-corrected chi connectivity index (χ0v) is 12.3. The molecule has 2 unspecified atom stereocenters. The van der Waals surface area contributed by atoms with Crippen LogP contribution in [0.3, 0.4) is 0 Å². The Morgan fingerprint density at radius 2 is 2.00 bits per heavy atom. The average molecular weight is 268 g/mol. The van der Waals surface area contributed by atoms with Crippen LogP contribution in [0.15, 0.2) is 36.5 Å². The average Bonchev–Trinajstić information content (AvgIpc) is 2.73. The van der Waals surface area contributed by atoms with Gasteiger partial charge in [-0.15, -0.1) is 0 Å². The van der Waals surface area contributed by atoms with Crippen molar-refractivity contribution < 1.29 is 0 Å². The highest BCUT2D eigenvalue weighted by molar-refractivity contribution is 5.82. The zero-order valence-electron chi connectivity index (χ0n) is 12.3. The largest absolute Gasteiger partial charge is 0.314 e. The Morgan fingerprint density at radius 3 is 2.90 bits per heavy atom. The topological polar surface area (TPSA) is 24.9 Å². The number of nitrogens with one attached hydrogen (secondary N) is 1. The molecule has 1 saturated carbocycles. The van der Waals surface area contributed by atoms with Gasteiger partial charge in [0.05, 0.1) is 5.52 Å². The van der Waals surface area contributed by atoms with Gasteiger partial charge in [-0.05, 0) is 43.0 Å². The highest BCUT2D eigenvalue weighted by atomic mass is 14.9. The number of hydrogen-bond donors (Lipinski definition) is 1. The van der Waals surface area contributed by atoms with Gasteiger partial charge in [0.1, 0.15) is 0 Å². The molecule has 0 radical (unpaired) electrons. The van der Waals surface area contributed by atoms with E-state index in [1.807, 2.05) is 6.20 Å². The van der Waals surface area contributed by atoms with E-state index in [1.165, 1.54) is 43.1 Å². The predicted octanol–water partition coefficient (Wildman–Crippen LogP) is 4.26. The van der Waals surface area contributed by atoms with Gasteiger partial charge in [-0.3, -0.25) is 4.98 Å². The van der Waals surface area contributed by atoms with Gasteiger partial charge >= 0.3 is 0 Å². The molecule has 1 aliphatic carbocycles. The summed E-state index contributed by atoms with van der Waals surface area (Å²) in [5.41, 5.74) is 2.62. The summed E-state index contributed by atoms with van der Waals surface area (Å²) in [4.78, 5) is 4.51. The second-order valence-electron chi connectivity index (χ2n) is 5.83. The lowest BCUT2D eigenvalue weighted by molar-refractivity contribution is 0.421. The molecule has 20 heavy (non-hydrogen) atoms. The van der Waals surface area contributed by atoms with Crippen molar-refractivity contribution in [3.05, 3.63) is 42.1 Å². The van der Waals surface area contributed by atoms with Crippen LogP contribution in [0.2, 0.25) is 0 Å². The van der Waals surface area contributed by atoms with Crippen molar-refractivity contribution in [3.63, 3.8) is 0 Å². The van der Waals surface area contributed by atoms with Crippen LogP contribution in [0.4, 0.5) is 0 Å². The fraction of sp³-hybridized carbons (Fsp3) is 0.500. The number of hydrogen-bond acceptors (Lipinski definition) is 2. The second-order valence-corrected chi connectivity index (χ2v) is 5.83. The van der Waals surface area contributed by atoms with E-state index >= 15 is 0 Å². The van der Waals surface area contributed by atoms with Crippen LogP contribution in [0.5, 0.6) is 0 Å². The van der Waals surface area contributed by atoms with Gasteiger partial charge in [-0.1, -0.05) is 44.4 Å². The van der Waals surface area contributed by atoms with Gasteiger partial charge in [-0.2, -0.15) is 0 Å². The van der Waals surface area contributed by atoms with Crippen LogP contribution in [0.25, 0.3) is 10.9 Å². The Kier molecular flexibility index (Phi) is 4.31. The van der Waals surface area contributed by atoms with E-state index in [9.17, 15) is 0 Å². The molecule has 0 spiro atoms. The molecule has 1 aromatic heterocycles. The van der Waals surface area contributed by atoms with Gasteiger partial charge in [0.2, 0.25) is 0 Å². The van der Waals surface area contributed by atoms with Crippen molar-refractivity contribution >= 4 is 10.9 Å². The first-order valence-corrected chi connectivity index (χ1v) is 7.97. The maximum absolute atomic E-state index is 4.51. The zero-order chi connectivity index (χ0) is 13.8. The van der Waals surface area contributed by atoms with Crippen molar-refractivity contribution in [2.24, 2.45) is 0 Å². The third-order valence-corrected chi connectivity index (χ3v) is 4.56. The lowest BCUT2D eigenvalue weighted by atomic mass is 9.85. The van der Waals surface area contributed by atoms with E-state index < -0.39 is 0 Å². The Labute approximate surface area is 121 Å². The lowest BCUT2D eigenvalue weighted by Crippen LogP contribution is -2.34. The molecule has 2 heteroatoms. The van der Waals surface area contributed by atoms with Crippen LogP contribution in [-0.4, -0.2) is 17.6 Å². The molecule has 1 aromatic carbocycles. The molecular weight excluding hydrogens is 244 g/mol. The van der Waals surface area contributed by atoms with Gasteiger partial charge < -0.3 is 5.32 Å². The van der Waals surface area contributed by atoms with Gasteiger partial charge in [0, 0.05) is 17.6 Å². The summed E-state index contributed by atoms with van der Waals surface area (Å²) in [5, 5.41) is 5.06. The van der Waals surface area contributed by atoms with Crippen LogP contribution in [-0.2, 0) is 0 Å². The molecule has 2 nitrogen and oxygen atoms in total. The summed E-state index contributed by atoms with van der Waals surface area (Å²) < 4.78 is 0. The maximum atomic E-state index is 4.51. The van der Waals surface area contributed by atoms with Gasteiger partial charge in [0.15, 0.2) is 0 Å². The van der Waals surface area contributed by atoms with Crippen molar-refractivity contribution in [2.75, 3.05) is 6.54 Å². The number of benzene rings is 1. The maximum Gasteiger partial charge on any atom is 0.0704 e. The highest BCUT2D eigenvalue weighted by Crippen LogP contribution is 2.35. The van der Waals surface area contributed by atoms with E-state index in [0.29, 0.717) is 12.0 Å². The number of fused-ring (bicyclic) bond motifs is 1. The van der Waals surface area contributed by atoms with E-state index in [2.05, 4.69) is 47.6 Å².